The van der Waals surface area contributed by atoms with Gasteiger partial charge in [-0.3, -0.25) is 9.59 Å². The van der Waals surface area contributed by atoms with Crippen molar-refractivity contribution in [1.29, 1.82) is 0 Å². The first-order valence-electron chi connectivity index (χ1n) is 9.31. The van der Waals surface area contributed by atoms with Gasteiger partial charge in [0.05, 0.1) is 6.21 Å². The van der Waals surface area contributed by atoms with Gasteiger partial charge in [-0.05, 0) is 68.3 Å². The Hall–Kier alpha value is -3.73. The number of hydrogen-bond acceptors (Lipinski definition) is 3. The highest BCUT2D eigenvalue weighted by molar-refractivity contribution is 6.04. The monoisotopic (exact) mass is 385 g/mol. The summed E-state index contributed by atoms with van der Waals surface area (Å²) in [5.74, 6) is -0.508. The molecule has 0 unspecified atom stereocenters. The van der Waals surface area contributed by atoms with E-state index in [4.69, 9.17) is 0 Å². The number of amides is 2. The Morgan fingerprint density at radius 2 is 1.52 bits per heavy atom. The predicted molar refractivity (Wildman–Crippen MR) is 117 cm³/mol. The van der Waals surface area contributed by atoms with Crippen LogP contribution in [0.3, 0.4) is 0 Å². The number of carbonyl (C=O) groups excluding carboxylic acids is 2. The van der Waals surface area contributed by atoms with E-state index in [1.807, 2.05) is 51.1 Å². The van der Waals surface area contributed by atoms with Crippen molar-refractivity contribution in [3.05, 3.63) is 100 Å². The fourth-order valence-electron chi connectivity index (χ4n) is 2.89. The second-order valence-corrected chi connectivity index (χ2v) is 6.96. The molecule has 5 heteroatoms. The molecule has 0 spiro atoms. The minimum Gasteiger partial charge on any atom is -0.322 e. The fraction of sp³-hybridized carbons (Fsp3) is 0.125. The fourth-order valence-corrected chi connectivity index (χ4v) is 2.89. The molecule has 0 bridgehead atoms. The summed E-state index contributed by atoms with van der Waals surface area (Å²) in [5.41, 5.74) is 8.43. The molecule has 29 heavy (non-hydrogen) atoms. The normalized spacial score (nSPS) is 10.7. The topological polar surface area (TPSA) is 70.6 Å². The van der Waals surface area contributed by atoms with Gasteiger partial charge in [-0.1, -0.05) is 41.5 Å². The van der Waals surface area contributed by atoms with Crippen molar-refractivity contribution >= 4 is 23.7 Å². The van der Waals surface area contributed by atoms with Crippen molar-refractivity contribution < 1.29 is 9.59 Å². The molecule has 2 N–H and O–H groups in total. The lowest BCUT2D eigenvalue weighted by atomic mass is 10.1. The molecule has 3 rings (SSSR count). The van der Waals surface area contributed by atoms with E-state index in [-0.39, 0.29) is 11.8 Å². The van der Waals surface area contributed by atoms with Crippen LogP contribution in [-0.2, 0) is 0 Å². The standard InChI is InChI=1S/C24H23N3O2/c1-16-5-4-6-20(14-16)23(28)26-22-11-9-19(10-12-22)24(29)27-25-15-21-8-7-17(2)13-18(21)3/h4-15H,1-3H3,(H,26,28)(H,27,29)/b25-15+. The van der Waals surface area contributed by atoms with E-state index in [0.717, 1.165) is 16.7 Å². The molecule has 3 aromatic rings. The molecule has 5 nitrogen and oxygen atoms in total. The second-order valence-electron chi connectivity index (χ2n) is 6.96. The maximum atomic E-state index is 12.3. The molecular formula is C24H23N3O2. The number of hydrogen-bond donors (Lipinski definition) is 2. The summed E-state index contributed by atoms with van der Waals surface area (Å²) < 4.78 is 0. The molecule has 0 aromatic heterocycles. The molecule has 0 radical (unpaired) electrons. The average Bonchev–Trinajstić information content (AvgIpc) is 2.70. The third-order valence-electron chi connectivity index (χ3n) is 4.48. The van der Waals surface area contributed by atoms with Crippen LogP contribution in [0.1, 0.15) is 43.0 Å². The lowest BCUT2D eigenvalue weighted by Crippen LogP contribution is -2.18. The first-order chi connectivity index (χ1) is 13.9. The highest BCUT2D eigenvalue weighted by Gasteiger charge is 2.08. The lowest BCUT2D eigenvalue weighted by molar-refractivity contribution is 0.0954. The lowest BCUT2D eigenvalue weighted by Gasteiger charge is -2.07. The van der Waals surface area contributed by atoms with Crippen molar-refractivity contribution in [3.8, 4) is 0 Å². The van der Waals surface area contributed by atoms with Gasteiger partial charge in [0, 0.05) is 16.8 Å². The van der Waals surface area contributed by atoms with Crippen molar-refractivity contribution in [2.75, 3.05) is 5.32 Å². The van der Waals surface area contributed by atoms with E-state index in [1.165, 1.54) is 5.56 Å². The Bertz CT molecular complexity index is 1070. The molecule has 0 aliphatic heterocycles. The van der Waals surface area contributed by atoms with Gasteiger partial charge in [0.1, 0.15) is 0 Å². The quantitative estimate of drug-likeness (QED) is 0.497. The number of hydrazone groups is 1. The highest BCUT2D eigenvalue weighted by Crippen LogP contribution is 2.13. The summed E-state index contributed by atoms with van der Waals surface area (Å²) in [6.07, 6.45) is 1.63. The predicted octanol–water partition coefficient (Wildman–Crippen LogP) is 4.63. The molecule has 0 atom stereocenters. The number of benzene rings is 3. The Kier molecular flexibility index (Phi) is 6.19. The van der Waals surface area contributed by atoms with E-state index >= 15 is 0 Å². The van der Waals surface area contributed by atoms with Crippen LogP contribution in [-0.4, -0.2) is 18.0 Å². The highest BCUT2D eigenvalue weighted by atomic mass is 16.2. The van der Waals surface area contributed by atoms with Crippen molar-refractivity contribution in [3.63, 3.8) is 0 Å². The number of nitrogens with zero attached hydrogens (tertiary/aromatic N) is 1. The van der Waals surface area contributed by atoms with E-state index in [0.29, 0.717) is 16.8 Å². The van der Waals surface area contributed by atoms with Gasteiger partial charge >= 0.3 is 0 Å². The van der Waals surface area contributed by atoms with E-state index in [9.17, 15) is 9.59 Å². The van der Waals surface area contributed by atoms with Crippen LogP contribution in [0.25, 0.3) is 0 Å². The molecule has 0 fully saturated rings. The first kappa shape index (κ1) is 20.0. The number of nitrogens with one attached hydrogen (secondary N) is 2. The molecule has 2 amide bonds. The van der Waals surface area contributed by atoms with Gasteiger partial charge in [0.25, 0.3) is 11.8 Å². The summed E-state index contributed by atoms with van der Waals surface area (Å²) >= 11 is 0. The Labute approximate surface area is 170 Å². The van der Waals surface area contributed by atoms with Crippen LogP contribution in [0, 0.1) is 20.8 Å². The molecular weight excluding hydrogens is 362 g/mol. The van der Waals surface area contributed by atoms with Gasteiger partial charge in [0.2, 0.25) is 0 Å². The molecule has 0 saturated heterocycles. The zero-order valence-corrected chi connectivity index (χ0v) is 16.7. The number of rotatable bonds is 5. The summed E-state index contributed by atoms with van der Waals surface area (Å²) in [6.45, 7) is 5.97. The number of carbonyl (C=O) groups is 2. The summed E-state index contributed by atoms with van der Waals surface area (Å²) in [6, 6.07) is 20.1. The number of anilines is 1. The van der Waals surface area contributed by atoms with Crippen LogP contribution < -0.4 is 10.7 Å². The van der Waals surface area contributed by atoms with Crippen molar-refractivity contribution in [1.82, 2.24) is 5.43 Å². The second kappa shape index (κ2) is 8.97. The summed E-state index contributed by atoms with van der Waals surface area (Å²) in [4.78, 5) is 24.6. The molecule has 3 aromatic carbocycles. The minimum atomic E-state index is -0.317. The zero-order valence-electron chi connectivity index (χ0n) is 16.7. The van der Waals surface area contributed by atoms with Crippen molar-refractivity contribution in [2.45, 2.75) is 20.8 Å². The van der Waals surface area contributed by atoms with Crippen LogP contribution in [0.5, 0.6) is 0 Å². The van der Waals surface area contributed by atoms with Crippen LogP contribution in [0.2, 0.25) is 0 Å². The Morgan fingerprint density at radius 3 is 2.21 bits per heavy atom. The smallest absolute Gasteiger partial charge is 0.271 e. The molecule has 0 heterocycles. The summed E-state index contributed by atoms with van der Waals surface area (Å²) in [7, 11) is 0. The third-order valence-corrected chi connectivity index (χ3v) is 4.48. The maximum absolute atomic E-state index is 12.3. The van der Waals surface area contributed by atoms with Crippen LogP contribution in [0.4, 0.5) is 5.69 Å². The molecule has 146 valence electrons. The zero-order chi connectivity index (χ0) is 20.8. The minimum absolute atomic E-state index is 0.191. The van der Waals surface area contributed by atoms with Gasteiger partial charge in [-0.2, -0.15) is 5.10 Å². The van der Waals surface area contributed by atoms with Gasteiger partial charge in [0.15, 0.2) is 0 Å². The van der Waals surface area contributed by atoms with E-state index < -0.39 is 0 Å². The molecule has 0 aliphatic rings. The van der Waals surface area contributed by atoms with Gasteiger partial charge in [-0.15, -0.1) is 0 Å². The van der Waals surface area contributed by atoms with E-state index in [2.05, 4.69) is 21.9 Å². The van der Waals surface area contributed by atoms with Crippen LogP contribution >= 0.6 is 0 Å². The largest absolute Gasteiger partial charge is 0.322 e. The third kappa shape index (κ3) is 5.39. The first-order valence-corrected chi connectivity index (χ1v) is 9.31. The van der Waals surface area contributed by atoms with Gasteiger partial charge in [-0.25, -0.2) is 5.43 Å². The van der Waals surface area contributed by atoms with Crippen molar-refractivity contribution in [2.24, 2.45) is 5.10 Å². The Morgan fingerprint density at radius 1 is 0.793 bits per heavy atom. The van der Waals surface area contributed by atoms with E-state index in [1.54, 1.807) is 36.5 Å². The molecule has 0 saturated carbocycles. The summed E-state index contributed by atoms with van der Waals surface area (Å²) in [5, 5.41) is 6.86. The SMILES string of the molecule is Cc1cccc(C(=O)Nc2ccc(C(=O)N/N=C/c3ccc(C)cc3C)cc2)c1. The van der Waals surface area contributed by atoms with Crippen LogP contribution in [0.15, 0.2) is 71.8 Å². The Balaban J connectivity index is 1.59. The number of aryl methyl sites for hydroxylation is 3. The average molecular weight is 385 g/mol. The molecule has 0 aliphatic carbocycles. The van der Waals surface area contributed by atoms with Gasteiger partial charge < -0.3 is 5.32 Å². The maximum Gasteiger partial charge on any atom is 0.271 e.